The zero-order chi connectivity index (χ0) is 17.3. The molecule has 7 nitrogen and oxygen atoms in total. The Morgan fingerprint density at radius 1 is 1.33 bits per heavy atom. The van der Waals surface area contributed by atoms with Gasteiger partial charge in [0.15, 0.2) is 0 Å². The van der Waals surface area contributed by atoms with Crippen LogP contribution in [0.5, 0.6) is 0 Å². The molecule has 2 aliphatic rings. The molecule has 0 radical (unpaired) electrons. The van der Waals surface area contributed by atoms with Gasteiger partial charge in [0.05, 0.1) is 10.8 Å². The average molecular weight is 331 g/mol. The van der Waals surface area contributed by atoms with Crippen LogP contribution in [0, 0.1) is 23.0 Å². The summed E-state index contributed by atoms with van der Waals surface area (Å²) in [6, 6.07) is 4.63. The summed E-state index contributed by atoms with van der Waals surface area (Å²) in [4.78, 5) is 36.8. The number of likely N-dealkylation sites (tertiary alicyclic amines) is 1. The molecule has 1 saturated carbocycles. The SMILES string of the molecule is Cc1cc([N+](=O)[O-])ccc1NC(=O)[C@H]1CC(=O)N(C2CCCC2)C1. The maximum atomic E-state index is 12.5. The summed E-state index contributed by atoms with van der Waals surface area (Å²) in [5.41, 5.74) is 1.18. The van der Waals surface area contributed by atoms with Crippen molar-refractivity contribution in [3.05, 3.63) is 33.9 Å². The lowest BCUT2D eigenvalue weighted by Crippen LogP contribution is -2.35. The molecule has 0 spiro atoms. The highest BCUT2D eigenvalue weighted by molar-refractivity contribution is 5.97. The molecule has 3 rings (SSSR count). The number of nitrogens with one attached hydrogen (secondary N) is 1. The molecule has 24 heavy (non-hydrogen) atoms. The van der Waals surface area contributed by atoms with Gasteiger partial charge in [-0.05, 0) is 31.4 Å². The second kappa shape index (κ2) is 6.59. The van der Waals surface area contributed by atoms with Gasteiger partial charge in [-0.25, -0.2) is 0 Å². The van der Waals surface area contributed by atoms with Crippen LogP contribution in [0.25, 0.3) is 0 Å². The van der Waals surface area contributed by atoms with Crippen LogP contribution in [-0.4, -0.2) is 34.2 Å². The predicted molar refractivity (Wildman–Crippen MR) is 88.5 cm³/mol. The topological polar surface area (TPSA) is 92.5 Å². The quantitative estimate of drug-likeness (QED) is 0.678. The van der Waals surface area contributed by atoms with Gasteiger partial charge in [0.1, 0.15) is 0 Å². The summed E-state index contributed by atoms with van der Waals surface area (Å²) in [6.45, 7) is 2.19. The first kappa shape index (κ1) is 16.4. The number of benzene rings is 1. The molecule has 2 fully saturated rings. The van der Waals surface area contributed by atoms with E-state index in [0.29, 0.717) is 17.8 Å². The van der Waals surface area contributed by atoms with E-state index < -0.39 is 4.92 Å². The van der Waals surface area contributed by atoms with E-state index >= 15 is 0 Å². The number of nitro benzene ring substituents is 1. The second-order valence-corrected chi connectivity index (χ2v) is 6.63. The molecule has 128 valence electrons. The minimum Gasteiger partial charge on any atom is -0.339 e. The Morgan fingerprint density at radius 3 is 2.67 bits per heavy atom. The van der Waals surface area contributed by atoms with Gasteiger partial charge in [-0.3, -0.25) is 19.7 Å². The summed E-state index contributed by atoms with van der Waals surface area (Å²) < 4.78 is 0. The molecule has 7 heteroatoms. The lowest BCUT2D eigenvalue weighted by atomic mass is 10.1. The third-order valence-corrected chi connectivity index (χ3v) is 4.97. The van der Waals surface area contributed by atoms with Gasteiger partial charge < -0.3 is 10.2 Å². The average Bonchev–Trinajstić information content (AvgIpc) is 3.18. The first-order chi connectivity index (χ1) is 11.5. The van der Waals surface area contributed by atoms with E-state index in [9.17, 15) is 19.7 Å². The molecule has 0 aromatic heterocycles. The van der Waals surface area contributed by atoms with Crippen molar-refractivity contribution in [2.75, 3.05) is 11.9 Å². The highest BCUT2D eigenvalue weighted by atomic mass is 16.6. The van der Waals surface area contributed by atoms with Crippen LogP contribution >= 0.6 is 0 Å². The fourth-order valence-electron chi connectivity index (χ4n) is 3.61. The van der Waals surface area contributed by atoms with Gasteiger partial charge in [0.2, 0.25) is 11.8 Å². The monoisotopic (exact) mass is 331 g/mol. The lowest BCUT2D eigenvalue weighted by molar-refractivity contribution is -0.384. The van der Waals surface area contributed by atoms with Crippen molar-refractivity contribution in [1.82, 2.24) is 4.90 Å². The Labute approximate surface area is 140 Å². The van der Waals surface area contributed by atoms with Gasteiger partial charge in [-0.1, -0.05) is 12.8 Å². The van der Waals surface area contributed by atoms with E-state index in [4.69, 9.17) is 0 Å². The van der Waals surface area contributed by atoms with E-state index in [2.05, 4.69) is 5.32 Å². The van der Waals surface area contributed by atoms with Crippen molar-refractivity contribution in [2.45, 2.75) is 45.1 Å². The Hall–Kier alpha value is -2.44. The third kappa shape index (κ3) is 3.25. The van der Waals surface area contributed by atoms with Crippen molar-refractivity contribution in [2.24, 2.45) is 5.92 Å². The maximum absolute atomic E-state index is 12.5. The first-order valence-corrected chi connectivity index (χ1v) is 8.31. The van der Waals surface area contributed by atoms with E-state index in [1.54, 1.807) is 6.92 Å². The third-order valence-electron chi connectivity index (χ3n) is 4.97. The summed E-state index contributed by atoms with van der Waals surface area (Å²) in [6.07, 6.45) is 4.60. The normalized spacial score (nSPS) is 21.3. The van der Waals surface area contributed by atoms with Crippen LogP contribution in [0.1, 0.15) is 37.7 Å². The molecule has 0 unspecified atom stereocenters. The van der Waals surface area contributed by atoms with Gasteiger partial charge >= 0.3 is 0 Å². The fraction of sp³-hybridized carbons (Fsp3) is 0.529. The molecule has 1 aromatic rings. The summed E-state index contributed by atoms with van der Waals surface area (Å²) in [5.74, 6) is -0.490. The summed E-state index contributed by atoms with van der Waals surface area (Å²) >= 11 is 0. The highest BCUT2D eigenvalue weighted by Crippen LogP contribution is 2.30. The molecule has 0 bridgehead atoms. The summed E-state index contributed by atoms with van der Waals surface area (Å²) in [7, 11) is 0. The number of carbonyl (C=O) groups excluding carboxylic acids is 2. The van der Waals surface area contributed by atoms with E-state index in [1.165, 1.54) is 18.2 Å². The van der Waals surface area contributed by atoms with Gasteiger partial charge in [0.25, 0.3) is 5.69 Å². The van der Waals surface area contributed by atoms with Crippen molar-refractivity contribution in [3.63, 3.8) is 0 Å². The summed E-state index contributed by atoms with van der Waals surface area (Å²) in [5, 5.41) is 13.6. The van der Waals surface area contributed by atoms with Crippen LogP contribution in [0.15, 0.2) is 18.2 Å². The van der Waals surface area contributed by atoms with Crippen LogP contribution in [0.2, 0.25) is 0 Å². The van der Waals surface area contributed by atoms with Gasteiger partial charge in [-0.2, -0.15) is 0 Å². The number of anilines is 1. The molecule has 1 N–H and O–H groups in total. The number of aryl methyl sites for hydroxylation is 1. The largest absolute Gasteiger partial charge is 0.339 e. The molecule has 2 amide bonds. The minimum atomic E-state index is -0.465. The fourth-order valence-corrected chi connectivity index (χ4v) is 3.61. The van der Waals surface area contributed by atoms with Crippen LogP contribution in [0.4, 0.5) is 11.4 Å². The zero-order valence-electron chi connectivity index (χ0n) is 13.7. The van der Waals surface area contributed by atoms with Crippen molar-refractivity contribution < 1.29 is 14.5 Å². The Kier molecular flexibility index (Phi) is 4.51. The maximum Gasteiger partial charge on any atom is 0.269 e. The second-order valence-electron chi connectivity index (χ2n) is 6.63. The van der Waals surface area contributed by atoms with Crippen molar-refractivity contribution >= 4 is 23.2 Å². The van der Waals surface area contributed by atoms with Gasteiger partial charge in [0, 0.05) is 36.8 Å². The minimum absolute atomic E-state index is 0.00560. The zero-order valence-corrected chi connectivity index (χ0v) is 13.7. The highest BCUT2D eigenvalue weighted by Gasteiger charge is 2.38. The first-order valence-electron chi connectivity index (χ1n) is 8.31. The molecule has 1 atom stereocenters. The lowest BCUT2D eigenvalue weighted by Gasteiger charge is -2.23. The van der Waals surface area contributed by atoms with Crippen LogP contribution in [0.3, 0.4) is 0 Å². The van der Waals surface area contributed by atoms with Crippen molar-refractivity contribution in [1.29, 1.82) is 0 Å². The molecular weight excluding hydrogens is 310 g/mol. The number of nitro groups is 1. The van der Waals surface area contributed by atoms with Crippen LogP contribution < -0.4 is 5.32 Å². The Balaban J connectivity index is 1.65. The number of carbonyl (C=O) groups is 2. The smallest absolute Gasteiger partial charge is 0.269 e. The molecular formula is C17H21N3O4. The Morgan fingerprint density at radius 2 is 2.04 bits per heavy atom. The molecule has 1 aromatic carbocycles. The number of hydrogen-bond donors (Lipinski definition) is 1. The van der Waals surface area contributed by atoms with E-state index in [0.717, 1.165) is 25.7 Å². The number of amides is 2. The predicted octanol–water partition coefficient (Wildman–Crippen LogP) is 2.63. The van der Waals surface area contributed by atoms with Gasteiger partial charge in [-0.15, -0.1) is 0 Å². The Bertz CT molecular complexity index is 682. The molecule has 1 aliphatic carbocycles. The number of hydrogen-bond acceptors (Lipinski definition) is 4. The molecule has 1 heterocycles. The number of rotatable bonds is 4. The van der Waals surface area contributed by atoms with Crippen LogP contribution in [-0.2, 0) is 9.59 Å². The molecule has 1 saturated heterocycles. The standard InChI is InChI=1S/C17H21N3O4/c1-11-8-14(20(23)24)6-7-15(11)18-17(22)12-9-16(21)19(10-12)13-4-2-3-5-13/h6-8,12-13H,2-5,9-10H2,1H3,(H,18,22)/t12-/m0/s1. The number of nitrogens with zero attached hydrogens (tertiary/aromatic N) is 2. The van der Waals surface area contributed by atoms with E-state index in [1.807, 2.05) is 4.90 Å². The van der Waals surface area contributed by atoms with E-state index in [-0.39, 0.29) is 35.9 Å². The molecule has 1 aliphatic heterocycles. The van der Waals surface area contributed by atoms with Crippen molar-refractivity contribution in [3.8, 4) is 0 Å². The number of non-ortho nitro benzene ring substituents is 1.